The van der Waals surface area contributed by atoms with E-state index in [9.17, 15) is 4.79 Å². The second kappa shape index (κ2) is 7.33. The zero-order valence-electron chi connectivity index (χ0n) is 13.0. The van der Waals surface area contributed by atoms with E-state index in [4.69, 9.17) is 0 Å². The topological polar surface area (TPSA) is 57.8 Å². The number of nitrogens with one attached hydrogen (secondary N) is 2. The van der Waals surface area contributed by atoms with Gasteiger partial charge in [0.2, 0.25) is 0 Å². The third-order valence-corrected chi connectivity index (χ3v) is 4.45. The van der Waals surface area contributed by atoms with Crippen LogP contribution in [0.5, 0.6) is 0 Å². The predicted molar refractivity (Wildman–Crippen MR) is 94.7 cm³/mol. The van der Waals surface area contributed by atoms with E-state index in [1.165, 1.54) is 0 Å². The highest BCUT2D eigenvalue weighted by atomic mass is 32.2. The normalized spacial score (nSPS) is 10.8. The molecule has 0 saturated carbocycles. The molecular formula is C18H19N3OS. The summed E-state index contributed by atoms with van der Waals surface area (Å²) in [6.45, 7) is 2.74. The summed E-state index contributed by atoms with van der Waals surface area (Å²) in [5.41, 5.74) is 3.75. The Morgan fingerprint density at radius 2 is 1.96 bits per heavy atom. The van der Waals surface area contributed by atoms with Crippen molar-refractivity contribution in [3.63, 3.8) is 0 Å². The summed E-state index contributed by atoms with van der Waals surface area (Å²) in [7, 11) is 0. The molecule has 118 valence electrons. The van der Waals surface area contributed by atoms with Gasteiger partial charge in [-0.15, -0.1) is 0 Å². The summed E-state index contributed by atoms with van der Waals surface area (Å²) in [5.74, 6) is 0.697. The van der Waals surface area contributed by atoms with Gasteiger partial charge in [-0.25, -0.2) is 4.98 Å². The van der Waals surface area contributed by atoms with Gasteiger partial charge in [-0.05, 0) is 30.2 Å². The largest absolute Gasteiger partial charge is 0.352 e. The van der Waals surface area contributed by atoms with Crippen LogP contribution in [0.15, 0.2) is 53.7 Å². The Morgan fingerprint density at radius 3 is 2.78 bits per heavy atom. The number of aromatic amines is 1. The van der Waals surface area contributed by atoms with E-state index in [2.05, 4.69) is 15.3 Å². The minimum Gasteiger partial charge on any atom is -0.352 e. The predicted octanol–water partition coefficient (Wildman–Crippen LogP) is 4.00. The highest BCUT2D eigenvalue weighted by Crippen LogP contribution is 2.24. The van der Waals surface area contributed by atoms with E-state index >= 15 is 0 Å². The Kier molecular flexibility index (Phi) is 4.98. The monoisotopic (exact) mass is 325 g/mol. The number of nitrogens with zero attached hydrogens (tertiary/aromatic N) is 1. The van der Waals surface area contributed by atoms with E-state index in [0.717, 1.165) is 33.7 Å². The molecule has 5 heteroatoms. The van der Waals surface area contributed by atoms with Crippen molar-refractivity contribution in [2.75, 3.05) is 6.54 Å². The van der Waals surface area contributed by atoms with Crippen LogP contribution in [0, 0.1) is 0 Å². The Balaban J connectivity index is 1.73. The molecule has 0 spiro atoms. The van der Waals surface area contributed by atoms with Crippen LogP contribution in [0.1, 0.15) is 29.3 Å². The molecule has 2 aromatic carbocycles. The van der Waals surface area contributed by atoms with Gasteiger partial charge in [0.25, 0.3) is 5.91 Å². The average Bonchev–Trinajstić information content (AvgIpc) is 3.01. The van der Waals surface area contributed by atoms with Gasteiger partial charge in [-0.1, -0.05) is 49.0 Å². The molecular weight excluding hydrogens is 306 g/mol. The van der Waals surface area contributed by atoms with E-state index < -0.39 is 0 Å². The maximum absolute atomic E-state index is 12.2. The Morgan fingerprint density at radius 1 is 1.17 bits per heavy atom. The van der Waals surface area contributed by atoms with Crippen LogP contribution < -0.4 is 5.32 Å². The third-order valence-electron chi connectivity index (χ3n) is 3.53. The smallest absolute Gasteiger partial charge is 0.251 e. The second-order valence-corrected chi connectivity index (χ2v) is 6.22. The van der Waals surface area contributed by atoms with Gasteiger partial charge >= 0.3 is 0 Å². The molecule has 2 N–H and O–H groups in total. The minimum absolute atomic E-state index is 0.00680. The summed E-state index contributed by atoms with van der Waals surface area (Å²) >= 11 is 1.61. The molecule has 3 aromatic rings. The first kappa shape index (κ1) is 15.6. The highest BCUT2D eigenvalue weighted by Gasteiger charge is 2.11. The van der Waals surface area contributed by atoms with Crippen molar-refractivity contribution in [3.8, 4) is 0 Å². The number of fused-ring (bicyclic) bond motifs is 1. The molecule has 0 bridgehead atoms. The van der Waals surface area contributed by atoms with Crippen LogP contribution in [-0.2, 0) is 5.75 Å². The van der Waals surface area contributed by atoms with Crippen LogP contribution >= 0.6 is 11.8 Å². The maximum Gasteiger partial charge on any atom is 0.251 e. The lowest BCUT2D eigenvalue weighted by Gasteiger charge is -2.08. The van der Waals surface area contributed by atoms with Crippen molar-refractivity contribution >= 4 is 28.7 Å². The van der Waals surface area contributed by atoms with E-state index in [-0.39, 0.29) is 5.91 Å². The maximum atomic E-state index is 12.2. The van der Waals surface area contributed by atoms with Gasteiger partial charge in [-0.2, -0.15) is 0 Å². The molecule has 1 heterocycles. The van der Waals surface area contributed by atoms with Gasteiger partial charge in [0.1, 0.15) is 0 Å². The number of benzene rings is 2. The van der Waals surface area contributed by atoms with Crippen LogP contribution in [0.25, 0.3) is 11.0 Å². The molecule has 0 fully saturated rings. The Bertz CT molecular complexity index is 780. The summed E-state index contributed by atoms with van der Waals surface area (Å²) in [5, 5.41) is 3.81. The first-order valence-electron chi connectivity index (χ1n) is 7.71. The fraction of sp³-hybridized carbons (Fsp3) is 0.222. The standard InChI is InChI=1S/C18H19N3OS/c1-2-11-19-17(22)14-8-4-3-7-13(14)12-23-18-20-15-9-5-6-10-16(15)21-18/h3-10H,2,11-12H2,1H3,(H,19,22)(H,20,21). The summed E-state index contributed by atoms with van der Waals surface area (Å²) in [6.07, 6.45) is 0.932. The third kappa shape index (κ3) is 3.74. The Labute approximate surface area is 139 Å². The highest BCUT2D eigenvalue weighted by molar-refractivity contribution is 7.98. The number of thioether (sulfide) groups is 1. The first-order chi connectivity index (χ1) is 11.3. The molecule has 3 rings (SSSR count). The summed E-state index contributed by atoms with van der Waals surface area (Å²) < 4.78 is 0. The lowest BCUT2D eigenvalue weighted by atomic mass is 10.1. The lowest BCUT2D eigenvalue weighted by Crippen LogP contribution is -2.24. The molecule has 0 saturated heterocycles. The quantitative estimate of drug-likeness (QED) is 0.674. The van der Waals surface area contributed by atoms with Crippen LogP contribution in [-0.4, -0.2) is 22.4 Å². The number of hydrogen-bond donors (Lipinski definition) is 2. The van der Waals surface area contributed by atoms with Crippen molar-refractivity contribution in [2.24, 2.45) is 0 Å². The van der Waals surface area contributed by atoms with E-state index in [0.29, 0.717) is 12.3 Å². The number of hydrogen-bond acceptors (Lipinski definition) is 3. The fourth-order valence-corrected chi connectivity index (χ4v) is 3.23. The number of imidazole rings is 1. The molecule has 0 aliphatic rings. The van der Waals surface area contributed by atoms with Crippen molar-refractivity contribution in [1.29, 1.82) is 0 Å². The number of carbonyl (C=O) groups excluding carboxylic acids is 1. The molecule has 0 unspecified atom stereocenters. The zero-order chi connectivity index (χ0) is 16.1. The lowest BCUT2D eigenvalue weighted by molar-refractivity contribution is 0.0953. The number of carbonyl (C=O) groups is 1. The zero-order valence-corrected chi connectivity index (χ0v) is 13.8. The van der Waals surface area contributed by atoms with Gasteiger partial charge < -0.3 is 10.3 Å². The summed E-state index contributed by atoms with van der Waals surface area (Å²) in [6, 6.07) is 15.7. The number of rotatable bonds is 6. The van der Waals surface area contributed by atoms with Crippen LogP contribution in [0.2, 0.25) is 0 Å². The van der Waals surface area contributed by atoms with Gasteiger partial charge in [0.05, 0.1) is 11.0 Å². The van der Waals surface area contributed by atoms with E-state index in [1.807, 2.05) is 55.5 Å². The van der Waals surface area contributed by atoms with Gasteiger partial charge in [0.15, 0.2) is 5.16 Å². The first-order valence-corrected chi connectivity index (χ1v) is 8.70. The number of amides is 1. The van der Waals surface area contributed by atoms with Crippen LogP contribution in [0.3, 0.4) is 0 Å². The van der Waals surface area contributed by atoms with Crippen molar-refractivity contribution in [3.05, 3.63) is 59.7 Å². The van der Waals surface area contributed by atoms with Gasteiger partial charge in [0, 0.05) is 17.9 Å². The van der Waals surface area contributed by atoms with E-state index in [1.54, 1.807) is 11.8 Å². The molecule has 1 amide bonds. The van der Waals surface area contributed by atoms with Crippen molar-refractivity contribution in [1.82, 2.24) is 15.3 Å². The minimum atomic E-state index is -0.00680. The second-order valence-electron chi connectivity index (χ2n) is 5.26. The number of H-pyrrole nitrogens is 1. The molecule has 4 nitrogen and oxygen atoms in total. The summed E-state index contributed by atoms with van der Waals surface area (Å²) in [4.78, 5) is 20.1. The van der Waals surface area contributed by atoms with Crippen molar-refractivity contribution in [2.45, 2.75) is 24.3 Å². The fourth-order valence-electron chi connectivity index (χ4n) is 2.35. The molecule has 0 aliphatic heterocycles. The Hall–Kier alpha value is -2.27. The molecule has 1 aromatic heterocycles. The van der Waals surface area contributed by atoms with Crippen LogP contribution in [0.4, 0.5) is 0 Å². The average molecular weight is 325 g/mol. The molecule has 0 atom stereocenters. The molecule has 23 heavy (non-hydrogen) atoms. The molecule has 0 radical (unpaired) electrons. The number of aromatic nitrogens is 2. The molecule has 0 aliphatic carbocycles. The van der Waals surface area contributed by atoms with Gasteiger partial charge in [-0.3, -0.25) is 4.79 Å². The number of para-hydroxylation sites is 2. The SMILES string of the molecule is CCCNC(=O)c1ccccc1CSc1nc2ccccc2[nH]1. The van der Waals surface area contributed by atoms with Crippen molar-refractivity contribution < 1.29 is 4.79 Å².